The fraction of sp³-hybridized carbons (Fsp3) is 0.200. The first-order chi connectivity index (χ1) is 9.22. The number of rotatable bonds is 2. The number of benzene rings is 1. The number of nitrogens with zero attached hydrogens (tertiary/aromatic N) is 3. The van der Waals surface area contributed by atoms with Crippen molar-refractivity contribution in [3.05, 3.63) is 53.7 Å². The van der Waals surface area contributed by atoms with Gasteiger partial charge in [-0.2, -0.15) is 0 Å². The third kappa shape index (κ3) is 1.90. The van der Waals surface area contributed by atoms with Gasteiger partial charge in [-0.05, 0) is 24.8 Å². The van der Waals surface area contributed by atoms with Crippen molar-refractivity contribution >= 4 is 22.4 Å². The van der Waals surface area contributed by atoms with Crippen LogP contribution in [0.15, 0.2) is 36.8 Å². The van der Waals surface area contributed by atoms with E-state index in [1.807, 2.05) is 43.1 Å². The molecule has 0 spiro atoms. The maximum atomic E-state index is 5.98. The highest BCUT2D eigenvalue weighted by atomic mass is 35.5. The van der Waals surface area contributed by atoms with Gasteiger partial charge < -0.3 is 0 Å². The van der Waals surface area contributed by atoms with Crippen LogP contribution in [0.1, 0.15) is 17.0 Å². The lowest BCUT2D eigenvalue weighted by Gasteiger charge is -2.10. The molecule has 3 rings (SSSR count). The van der Waals surface area contributed by atoms with Gasteiger partial charge in [-0.15, -0.1) is 11.6 Å². The molecule has 0 saturated heterocycles. The summed E-state index contributed by atoms with van der Waals surface area (Å²) < 4.78 is 2.02. The standard InChI is InChI=1S/C15H14ClN3/c1-10-11(2)19(9-18-10)15-14-6-4-3-5-13(14)12(7-16)8-17-15/h3-6,8-9H,7H2,1-2H3. The number of aryl methyl sites for hydroxylation is 1. The molecule has 3 aromatic rings. The number of alkyl halides is 1. The quantitative estimate of drug-likeness (QED) is 0.664. The van der Waals surface area contributed by atoms with Gasteiger partial charge in [0.2, 0.25) is 0 Å². The van der Waals surface area contributed by atoms with Crippen molar-refractivity contribution in [2.45, 2.75) is 19.7 Å². The molecule has 0 unspecified atom stereocenters. The molecule has 0 radical (unpaired) electrons. The van der Waals surface area contributed by atoms with E-state index in [0.717, 1.165) is 33.5 Å². The Bertz CT molecular complexity index is 746. The van der Waals surface area contributed by atoms with Crippen LogP contribution in [0.25, 0.3) is 16.6 Å². The number of pyridine rings is 1. The summed E-state index contributed by atoms with van der Waals surface area (Å²) in [4.78, 5) is 8.90. The molecule has 0 amide bonds. The summed E-state index contributed by atoms with van der Waals surface area (Å²) in [6, 6.07) is 8.19. The van der Waals surface area contributed by atoms with Crippen LogP contribution >= 0.6 is 11.6 Å². The minimum atomic E-state index is 0.468. The summed E-state index contributed by atoms with van der Waals surface area (Å²) in [5, 5.41) is 2.24. The molecule has 0 aliphatic carbocycles. The van der Waals surface area contributed by atoms with Gasteiger partial charge in [0.25, 0.3) is 0 Å². The second-order valence-electron chi connectivity index (χ2n) is 4.57. The van der Waals surface area contributed by atoms with Crippen LogP contribution in [-0.4, -0.2) is 14.5 Å². The van der Waals surface area contributed by atoms with Crippen LogP contribution < -0.4 is 0 Å². The summed E-state index contributed by atoms with van der Waals surface area (Å²) >= 11 is 5.98. The molecule has 2 aromatic heterocycles. The van der Waals surface area contributed by atoms with Crippen LogP contribution in [0.5, 0.6) is 0 Å². The lowest BCUT2D eigenvalue weighted by Crippen LogP contribution is -2.01. The summed E-state index contributed by atoms with van der Waals surface area (Å²) in [5.41, 5.74) is 3.18. The van der Waals surface area contributed by atoms with Crippen molar-refractivity contribution < 1.29 is 0 Å². The fourth-order valence-electron chi connectivity index (χ4n) is 2.25. The zero-order chi connectivity index (χ0) is 13.4. The minimum absolute atomic E-state index is 0.468. The predicted molar refractivity (Wildman–Crippen MR) is 77.9 cm³/mol. The molecule has 0 fully saturated rings. The van der Waals surface area contributed by atoms with E-state index in [1.54, 1.807) is 0 Å². The molecule has 0 atom stereocenters. The molecule has 0 aliphatic rings. The van der Waals surface area contributed by atoms with E-state index in [9.17, 15) is 0 Å². The minimum Gasteiger partial charge on any atom is -0.287 e. The lowest BCUT2D eigenvalue weighted by molar-refractivity contribution is 0.960. The van der Waals surface area contributed by atoms with E-state index in [2.05, 4.69) is 22.1 Å². The molecule has 19 heavy (non-hydrogen) atoms. The Hall–Kier alpha value is -1.87. The molecule has 0 bridgehead atoms. The maximum absolute atomic E-state index is 5.98. The first-order valence-corrected chi connectivity index (χ1v) is 6.69. The van der Waals surface area contributed by atoms with E-state index in [1.165, 1.54) is 0 Å². The molecule has 3 nitrogen and oxygen atoms in total. The zero-order valence-electron chi connectivity index (χ0n) is 10.9. The molecule has 4 heteroatoms. The third-order valence-electron chi connectivity index (χ3n) is 3.48. The summed E-state index contributed by atoms with van der Waals surface area (Å²) in [7, 11) is 0. The van der Waals surface area contributed by atoms with Crippen molar-refractivity contribution in [2.75, 3.05) is 0 Å². The average molecular weight is 272 g/mol. The SMILES string of the molecule is Cc1ncn(-c2ncc(CCl)c3ccccc23)c1C. The highest BCUT2D eigenvalue weighted by molar-refractivity contribution is 6.18. The van der Waals surface area contributed by atoms with Gasteiger partial charge in [0.05, 0.1) is 5.69 Å². The number of imidazole rings is 1. The second kappa shape index (κ2) is 4.67. The first-order valence-electron chi connectivity index (χ1n) is 6.16. The molecule has 96 valence electrons. The van der Waals surface area contributed by atoms with Crippen molar-refractivity contribution in [1.82, 2.24) is 14.5 Å². The Morgan fingerprint density at radius 1 is 1.11 bits per heavy atom. The molecule has 1 aromatic carbocycles. The van der Waals surface area contributed by atoms with Gasteiger partial charge in [0.15, 0.2) is 0 Å². The van der Waals surface area contributed by atoms with Crippen LogP contribution in [0, 0.1) is 13.8 Å². The number of halogens is 1. The number of fused-ring (bicyclic) bond motifs is 1. The van der Waals surface area contributed by atoms with Gasteiger partial charge in [-0.1, -0.05) is 24.3 Å². The largest absolute Gasteiger partial charge is 0.287 e. The Morgan fingerprint density at radius 3 is 2.47 bits per heavy atom. The summed E-state index contributed by atoms with van der Waals surface area (Å²) in [6.07, 6.45) is 3.67. The van der Waals surface area contributed by atoms with Gasteiger partial charge in [-0.3, -0.25) is 4.57 Å². The number of aromatic nitrogens is 3. The van der Waals surface area contributed by atoms with Gasteiger partial charge in [0, 0.05) is 23.2 Å². The van der Waals surface area contributed by atoms with E-state index >= 15 is 0 Å². The fourth-order valence-corrected chi connectivity index (χ4v) is 2.46. The highest BCUT2D eigenvalue weighted by Gasteiger charge is 2.11. The lowest BCUT2D eigenvalue weighted by atomic mass is 10.1. The van der Waals surface area contributed by atoms with Crippen molar-refractivity contribution in [3.8, 4) is 5.82 Å². The molecule has 2 heterocycles. The average Bonchev–Trinajstić information content (AvgIpc) is 2.78. The van der Waals surface area contributed by atoms with Gasteiger partial charge >= 0.3 is 0 Å². The van der Waals surface area contributed by atoms with E-state index in [-0.39, 0.29) is 0 Å². The van der Waals surface area contributed by atoms with Crippen molar-refractivity contribution in [2.24, 2.45) is 0 Å². The van der Waals surface area contributed by atoms with E-state index in [0.29, 0.717) is 5.88 Å². The van der Waals surface area contributed by atoms with Crippen LogP contribution in [0.2, 0.25) is 0 Å². The Kier molecular flexibility index (Phi) is 2.99. The molecular weight excluding hydrogens is 258 g/mol. The highest BCUT2D eigenvalue weighted by Crippen LogP contribution is 2.25. The number of hydrogen-bond acceptors (Lipinski definition) is 2. The summed E-state index contributed by atoms with van der Waals surface area (Å²) in [6.45, 7) is 4.05. The van der Waals surface area contributed by atoms with Crippen LogP contribution in [-0.2, 0) is 5.88 Å². The Morgan fingerprint density at radius 2 is 1.84 bits per heavy atom. The topological polar surface area (TPSA) is 30.7 Å². The molecule has 0 N–H and O–H groups in total. The zero-order valence-corrected chi connectivity index (χ0v) is 11.6. The molecular formula is C15H14ClN3. The second-order valence-corrected chi connectivity index (χ2v) is 4.84. The smallest absolute Gasteiger partial charge is 0.145 e. The van der Waals surface area contributed by atoms with Gasteiger partial charge in [-0.25, -0.2) is 9.97 Å². The van der Waals surface area contributed by atoms with Crippen molar-refractivity contribution in [1.29, 1.82) is 0 Å². The Balaban J connectivity index is 2.34. The van der Waals surface area contributed by atoms with Crippen molar-refractivity contribution in [3.63, 3.8) is 0 Å². The van der Waals surface area contributed by atoms with E-state index < -0.39 is 0 Å². The molecule has 0 aliphatic heterocycles. The van der Waals surface area contributed by atoms with Gasteiger partial charge in [0.1, 0.15) is 12.1 Å². The Labute approximate surface area is 116 Å². The van der Waals surface area contributed by atoms with Crippen LogP contribution in [0.3, 0.4) is 0 Å². The predicted octanol–water partition coefficient (Wildman–Crippen LogP) is 3.78. The maximum Gasteiger partial charge on any atom is 0.145 e. The monoisotopic (exact) mass is 271 g/mol. The molecule has 0 saturated carbocycles. The third-order valence-corrected chi connectivity index (χ3v) is 3.77. The summed E-state index contributed by atoms with van der Waals surface area (Å²) in [5.74, 6) is 1.37. The number of hydrogen-bond donors (Lipinski definition) is 0. The van der Waals surface area contributed by atoms with Crippen LogP contribution in [0.4, 0.5) is 0 Å². The van der Waals surface area contributed by atoms with E-state index in [4.69, 9.17) is 11.6 Å². The first kappa shape index (κ1) is 12.2. The normalized spacial score (nSPS) is 11.1.